The van der Waals surface area contributed by atoms with Crippen molar-refractivity contribution in [3.05, 3.63) is 65.2 Å². The van der Waals surface area contributed by atoms with Gasteiger partial charge in [0.1, 0.15) is 0 Å². The lowest BCUT2D eigenvalue weighted by Gasteiger charge is -2.18. The van der Waals surface area contributed by atoms with Gasteiger partial charge < -0.3 is 16.0 Å². The minimum Gasteiger partial charge on any atom is -0.350 e. The minimum absolute atomic E-state index is 0.0848. The van der Waals surface area contributed by atoms with E-state index in [0.29, 0.717) is 11.3 Å². The normalized spacial score (nSPS) is 11.5. The maximum absolute atomic E-state index is 12.6. The Balaban J connectivity index is 1.83. The summed E-state index contributed by atoms with van der Waals surface area (Å²) in [5, 5.41) is 7.90. The molecule has 0 aliphatic rings. The standard InChI is InChI=1S/C22H24F3N3O3/c1-21(2,3)20(31)28-17-6-4-5-15(13-17)19(30)27-12-11-26-18(29)14-7-9-16(10-8-14)22(23,24)25/h4-10,13H,11-12H2,1-3H3,(H,26,29)(H,27,30)(H,28,31). The molecule has 31 heavy (non-hydrogen) atoms. The van der Waals surface area contributed by atoms with E-state index >= 15 is 0 Å². The molecule has 0 atom stereocenters. The molecule has 2 aromatic carbocycles. The van der Waals surface area contributed by atoms with Gasteiger partial charge >= 0.3 is 6.18 Å². The number of halogens is 3. The first kappa shape index (κ1) is 23.9. The second kappa shape index (κ2) is 9.63. The second-order valence-electron chi connectivity index (χ2n) is 7.87. The Morgan fingerprint density at radius 2 is 1.35 bits per heavy atom. The Morgan fingerprint density at radius 3 is 1.87 bits per heavy atom. The number of hydrogen-bond donors (Lipinski definition) is 3. The summed E-state index contributed by atoms with van der Waals surface area (Å²) in [5.41, 5.74) is -0.508. The van der Waals surface area contributed by atoms with Crippen molar-refractivity contribution in [2.75, 3.05) is 18.4 Å². The van der Waals surface area contributed by atoms with E-state index in [1.54, 1.807) is 45.0 Å². The molecule has 6 nitrogen and oxygen atoms in total. The van der Waals surface area contributed by atoms with Crippen LogP contribution in [0, 0.1) is 5.41 Å². The lowest BCUT2D eigenvalue weighted by molar-refractivity contribution is -0.137. The van der Waals surface area contributed by atoms with E-state index in [0.717, 1.165) is 24.3 Å². The zero-order valence-electron chi connectivity index (χ0n) is 17.4. The number of anilines is 1. The quantitative estimate of drug-likeness (QED) is 0.603. The van der Waals surface area contributed by atoms with E-state index < -0.39 is 29.0 Å². The first-order valence-corrected chi connectivity index (χ1v) is 9.53. The van der Waals surface area contributed by atoms with Gasteiger partial charge in [-0.05, 0) is 42.5 Å². The van der Waals surface area contributed by atoms with Crippen molar-refractivity contribution in [1.82, 2.24) is 10.6 Å². The van der Waals surface area contributed by atoms with Crippen LogP contribution in [0.2, 0.25) is 0 Å². The second-order valence-corrected chi connectivity index (χ2v) is 7.87. The minimum atomic E-state index is -4.47. The van der Waals surface area contributed by atoms with Crippen LogP contribution < -0.4 is 16.0 Å². The average molecular weight is 435 g/mol. The molecule has 3 N–H and O–H groups in total. The molecule has 0 saturated heterocycles. The summed E-state index contributed by atoms with van der Waals surface area (Å²) in [5.74, 6) is -1.12. The molecule has 3 amide bonds. The van der Waals surface area contributed by atoms with Gasteiger partial charge in [0.25, 0.3) is 11.8 Å². The van der Waals surface area contributed by atoms with Gasteiger partial charge in [-0.1, -0.05) is 26.8 Å². The fourth-order valence-electron chi connectivity index (χ4n) is 2.42. The molecule has 0 heterocycles. The molecular weight excluding hydrogens is 411 g/mol. The number of carbonyl (C=O) groups excluding carboxylic acids is 3. The molecule has 166 valence electrons. The summed E-state index contributed by atoms with van der Waals surface area (Å²) in [6.07, 6.45) is -4.47. The van der Waals surface area contributed by atoms with Gasteiger partial charge in [0.15, 0.2) is 0 Å². The Labute approximate surface area is 178 Å². The van der Waals surface area contributed by atoms with Gasteiger partial charge in [0.2, 0.25) is 5.91 Å². The summed E-state index contributed by atoms with van der Waals surface area (Å²) >= 11 is 0. The Bertz CT molecular complexity index is 949. The molecule has 0 aliphatic carbocycles. The van der Waals surface area contributed by atoms with E-state index in [1.165, 1.54) is 0 Å². The monoisotopic (exact) mass is 435 g/mol. The van der Waals surface area contributed by atoms with Crippen LogP contribution in [0.25, 0.3) is 0 Å². The first-order chi connectivity index (χ1) is 14.4. The van der Waals surface area contributed by atoms with Crippen molar-refractivity contribution in [2.24, 2.45) is 5.41 Å². The summed E-state index contributed by atoms with van der Waals surface area (Å²) < 4.78 is 37.7. The van der Waals surface area contributed by atoms with Crippen molar-refractivity contribution in [2.45, 2.75) is 26.9 Å². The van der Waals surface area contributed by atoms with Crippen LogP contribution >= 0.6 is 0 Å². The van der Waals surface area contributed by atoms with E-state index in [4.69, 9.17) is 0 Å². The highest BCUT2D eigenvalue weighted by Crippen LogP contribution is 2.29. The van der Waals surface area contributed by atoms with Crippen LogP contribution in [0.1, 0.15) is 47.1 Å². The molecular formula is C22H24F3N3O3. The summed E-state index contributed by atoms with van der Waals surface area (Å²) in [6, 6.07) is 10.3. The van der Waals surface area contributed by atoms with Crippen molar-refractivity contribution in [1.29, 1.82) is 0 Å². The zero-order valence-corrected chi connectivity index (χ0v) is 17.4. The number of benzene rings is 2. The third kappa shape index (κ3) is 7.13. The van der Waals surface area contributed by atoms with Crippen LogP contribution in [-0.4, -0.2) is 30.8 Å². The highest BCUT2D eigenvalue weighted by Gasteiger charge is 2.30. The van der Waals surface area contributed by atoms with E-state index in [1.807, 2.05) is 0 Å². The SMILES string of the molecule is CC(C)(C)C(=O)Nc1cccc(C(=O)NCCNC(=O)c2ccc(C(F)(F)F)cc2)c1. The van der Waals surface area contributed by atoms with Crippen LogP contribution in [0.4, 0.5) is 18.9 Å². The van der Waals surface area contributed by atoms with Gasteiger partial charge in [-0.3, -0.25) is 14.4 Å². The van der Waals surface area contributed by atoms with Gasteiger partial charge in [0.05, 0.1) is 5.56 Å². The smallest absolute Gasteiger partial charge is 0.350 e. The fourth-order valence-corrected chi connectivity index (χ4v) is 2.42. The van der Waals surface area contributed by atoms with Gasteiger partial charge in [-0.2, -0.15) is 13.2 Å². The number of hydrogen-bond acceptors (Lipinski definition) is 3. The number of amides is 3. The lowest BCUT2D eigenvalue weighted by Crippen LogP contribution is -2.34. The lowest BCUT2D eigenvalue weighted by atomic mass is 9.95. The summed E-state index contributed by atoms with van der Waals surface area (Å²) in [6.45, 7) is 5.53. The topological polar surface area (TPSA) is 87.3 Å². The molecule has 0 spiro atoms. The Hall–Kier alpha value is -3.36. The molecule has 9 heteroatoms. The van der Waals surface area contributed by atoms with Crippen LogP contribution in [0.15, 0.2) is 48.5 Å². The number of carbonyl (C=O) groups is 3. The predicted molar refractivity (Wildman–Crippen MR) is 111 cm³/mol. The zero-order chi connectivity index (χ0) is 23.2. The summed E-state index contributed by atoms with van der Waals surface area (Å²) in [7, 11) is 0. The maximum Gasteiger partial charge on any atom is 0.416 e. The van der Waals surface area contributed by atoms with Crippen LogP contribution in [0.3, 0.4) is 0 Å². The largest absolute Gasteiger partial charge is 0.416 e. The molecule has 0 saturated carbocycles. The molecule has 0 bridgehead atoms. The molecule has 2 aromatic rings. The molecule has 0 aliphatic heterocycles. The number of nitrogens with one attached hydrogen (secondary N) is 3. The van der Waals surface area contributed by atoms with E-state index in [9.17, 15) is 27.6 Å². The van der Waals surface area contributed by atoms with Crippen molar-refractivity contribution in [3.8, 4) is 0 Å². The predicted octanol–water partition coefficient (Wildman–Crippen LogP) is 3.85. The van der Waals surface area contributed by atoms with Crippen LogP contribution in [0.5, 0.6) is 0 Å². The van der Waals surface area contributed by atoms with E-state index in [2.05, 4.69) is 16.0 Å². The third-order valence-corrected chi connectivity index (χ3v) is 4.23. The maximum atomic E-state index is 12.6. The number of alkyl halides is 3. The summed E-state index contributed by atoms with van der Waals surface area (Å²) in [4.78, 5) is 36.4. The molecule has 2 rings (SSSR count). The van der Waals surface area contributed by atoms with Gasteiger partial charge in [0, 0.05) is 35.3 Å². The Kier molecular flexibility index (Phi) is 7.43. The van der Waals surface area contributed by atoms with Gasteiger partial charge in [-0.15, -0.1) is 0 Å². The van der Waals surface area contributed by atoms with Gasteiger partial charge in [-0.25, -0.2) is 0 Å². The van der Waals surface area contributed by atoms with E-state index in [-0.39, 0.29) is 24.6 Å². The third-order valence-electron chi connectivity index (χ3n) is 4.23. The number of rotatable bonds is 6. The highest BCUT2D eigenvalue weighted by molar-refractivity contribution is 5.98. The molecule has 0 fully saturated rings. The fraction of sp³-hybridized carbons (Fsp3) is 0.318. The Morgan fingerprint density at radius 1 is 0.806 bits per heavy atom. The van der Waals surface area contributed by atoms with Crippen molar-refractivity contribution >= 4 is 23.4 Å². The molecule has 0 radical (unpaired) electrons. The molecule has 0 unspecified atom stereocenters. The molecule has 0 aromatic heterocycles. The van der Waals surface area contributed by atoms with Crippen LogP contribution in [-0.2, 0) is 11.0 Å². The van der Waals surface area contributed by atoms with Crippen molar-refractivity contribution < 1.29 is 27.6 Å². The highest BCUT2D eigenvalue weighted by atomic mass is 19.4. The average Bonchev–Trinajstić information content (AvgIpc) is 2.69. The van der Waals surface area contributed by atoms with Crippen molar-refractivity contribution in [3.63, 3.8) is 0 Å². The first-order valence-electron chi connectivity index (χ1n) is 9.53.